The molecule has 1 unspecified atom stereocenters. The Hall–Kier alpha value is -0.870. The number of nitrogens with one attached hydrogen (secondary N) is 1. The molecule has 98 valence electrons. The molecule has 1 saturated heterocycles. The van der Waals surface area contributed by atoms with Crippen LogP contribution in [0.25, 0.3) is 0 Å². The van der Waals surface area contributed by atoms with Gasteiger partial charge in [-0.15, -0.1) is 0 Å². The van der Waals surface area contributed by atoms with Crippen molar-refractivity contribution in [3.8, 4) is 0 Å². The molecule has 0 amide bonds. The van der Waals surface area contributed by atoms with Gasteiger partial charge in [-0.05, 0) is 25.7 Å². The fourth-order valence-corrected chi connectivity index (χ4v) is 3.32. The molecule has 1 N–H and O–H groups in total. The van der Waals surface area contributed by atoms with Crippen LogP contribution in [0.5, 0.6) is 0 Å². The molecule has 4 rings (SSSR count). The summed E-state index contributed by atoms with van der Waals surface area (Å²) in [4.78, 5) is 4.93. The third-order valence-electron chi connectivity index (χ3n) is 4.40. The number of imidazole rings is 1. The van der Waals surface area contributed by atoms with Gasteiger partial charge in [0.1, 0.15) is 5.82 Å². The SMILES string of the molecule is C1COCC(n2c(C3CC3)nc3c2CCNC3)C1. The molecule has 0 bridgehead atoms. The number of rotatable bonds is 2. The van der Waals surface area contributed by atoms with Crippen LogP contribution in [-0.2, 0) is 17.7 Å². The fourth-order valence-electron chi connectivity index (χ4n) is 3.32. The molecule has 3 aliphatic rings. The second kappa shape index (κ2) is 4.35. The zero-order valence-corrected chi connectivity index (χ0v) is 10.8. The Morgan fingerprint density at radius 3 is 3.00 bits per heavy atom. The largest absolute Gasteiger partial charge is 0.379 e. The normalized spacial score (nSPS) is 28.1. The minimum atomic E-state index is 0.545. The van der Waals surface area contributed by atoms with Crippen molar-refractivity contribution in [1.29, 1.82) is 0 Å². The highest BCUT2D eigenvalue weighted by atomic mass is 16.5. The highest BCUT2D eigenvalue weighted by molar-refractivity contribution is 5.25. The quantitative estimate of drug-likeness (QED) is 0.865. The summed E-state index contributed by atoms with van der Waals surface area (Å²) in [5.74, 6) is 2.09. The van der Waals surface area contributed by atoms with Gasteiger partial charge in [-0.1, -0.05) is 0 Å². The maximum absolute atomic E-state index is 5.69. The summed E-state index contributed by atoms with van der Waals surface area (Å²) in [5, 5.41) is 3.44. The van der Waals surface area contributed by atoms with E-state index in [2.05, 4.69) is 9.88 Å². The average molecular weight is 247 g/mol. The lowest BCUT2D eigenvalue weighted by Gasteiger charge is -2.28. The summed E-state index contributed by atoms with van der Waals surface area (Å²) < 4.78 is 8.25. The molecule has 2 aliphatic heterocycles. The van der Waals surface area contributed by atoms with E-state index in [9.17, 15) is 0 Å². The van der Waals surface area contributed by atoms with Crippen molar-refractivity contribution in [2.75, 3.05) is 19.8 Å². The second-order valence-corrected chi connectivity index (χ2v) is 5.81. The molecule has 4 heteroatoms. The van der Waals surface area contributed by atoms with E-state index in [1.54, 1.807) is 0 Å². The van der Waals surface area contributed by atoms with Crippen molar-refractivity contribution in [2.24, 2.45) is 0 Å². The van der Waals surface area contributed by atoms with Crippen LogP contribution in [0.2, 0.25) is 0 Å². The highest BCUT2D eigenvalue weighted by Gasteiger charge is 2.34. The van der Waals surface area contributed by atoms with Crippen LogP contribution in [0.15, 0.2) is 0 Å². The van der Waals surface area contributed by atoms with Crippen LogP contribution in [-0.4, -0.2) is 29.3 Å². The monoisotopic (exact) mass is 247 g/mol. The topological polar surface area (TPSA) is 39.1 Å². The minimum absolute atomic E-state index is 0.545. The third-order valence-corrected chi connectivity index (χ3v) is 4.40. The molecule has 1 aromatic rings. The molecule has 0 spiro atoms. The van der Waals surface area contributed by atoms with Crippen molar-refractivity contribution >= 4 is 0 Å². The van der Waals surface area contributed by atoms with Crippen molar-refractivity contribution in [2.45, 2.75) is 50.6 Å². The summed E-state index contributed by atoms with van der Waals surface area (Å²) in [6.45, 7) is 3.87. The molecule has 4 nitrogen and oxygen atoms in total. The predicted octanol–water partition coefficient (Wildman–Crippen LogP) is 1.76. The van der Waals surface area contributed by atoms with Crippen LogP contribution in [0.3, 0.4) is 0 Å². The number of hydrogen-bond acceptors (Lipinski definition) is 3. The van der Waals surface area contributed by atoms with Gasteiger partial charge >= 0.3 is 0 Å². The van der Waals surface area contributed by atoms with Crippen LogP contribution in [0, 0.1) is 0 Å². The molecule has 1 saturated carbocycles. The van der Waals surface area contributed by atoms with Crippen molar-refractivity contribution in [3.05, 3.63) is 17.2 Å². The molecule has 18 heavy (non-hydrogen) atoms. The lowest BCUT2D eigenvalue weighted by molar-refractivity contribution is 0.0571. The Bertz CT molecular complexity index is 444. The summed E-state index contributed by atoms with van der Waals surface area (Å²) in [6.07, 6.45) is 6.25. The van der Waals surface area contributed by atoms with E-state index in [1.165, 1.54) is 42.9 Å². The first-order valence-electron chi connectivity index (χ1n) is 7.32. The second-order valence-electron chi connectivity index (χ2n) is 5.81. The number of nitrogens with zero attached hydrogens (tertiary/aromatic N) is 2. The van der Waals surface area contributed by atoms with E-state index in [0.717, 1.165) is 38.6 Å². The zero-order valence-electron chi connectivity index (χ0n) is 10.8. The Balaban J connectivity index is 1.75. The van der Waals surface area contributed by atoms with E-state index in [-0.39, 0.29) is 0 Å². The lowest BCUT2D eigenvalue weighted by atomic mass is 10.1. The Kier molecular flexibility index (Phi) is 2.66. The molecule has 1 aromatic heterocycles. The lowest BCUT2D eigenvalue weighted by Crippen LogP contribution is -2.28. The third kappa shape index (κ3) is 1.79. The van der Waals surface area contributed by atoms with Crippen LogP contribution in [0.4, 0.5) is 0 Å². The average Bonchev–Trinajstić information content (AvgIpc) is 3.20. The van der Waals surface area contributed by atoms with Gasteiger partial charge in [-0.25, -0.2) is 4.98 Å². The van der Waals surface area contributed by atoms with Crippen LogP contribution in [0.1, 0.15) is 54.9 Å². The first-order valence-corrected chi connectivity index (χ1v) is 7.32. The van der Waals surface area contributed by atoms with Gasteiger partial charge in [0, 0.05) is 37.7 Å². The number of ether oxygens (including phenoxy) is 1. The smallest absolute Gasteiger partial charge is 0.112 e. The molecular formula is C14H21N3O. The molecule has 2 fully saturated rings. The first kappa shape index (κ1) is 11.0. The summed E-state index contributed by atoms with van der Waals surface area (Å²) in [7, 11) is 0. The van der Waals surface area contributed by atoms with E-state index < -0.39 is 0 Å². The van der Waals surface area contributed by atoms with E-state index in [4.69, 9.17) is 9.72 Å². The molecular weight excluding hydrogens is 226 g/mol. The maximum atomic E-state index is 5.69. The number of aromatic nitrogens is 2. The van der Waals surface area contributed by atoms with Gasteiger partial charge in [0.15, 0.2) is 0 Å². The predicted molar refractivity (Wildman–Crippen MR) is 68.7 cm³/mol. The van der Waals surface area contributed by atoms with Gasteiger partial charge in [0.2, 0.25) is 0 Å². The van der Waals surface area contributed by atoms with Gasteiger partial charge in [-0.3, -0.25) is 0 Å². The van der Waals surface area contributed by atoms with E-state index >= 15 is 0 Å². The highest BCUT2D eigenvalue weighted by Crippen LogP contribution is 2.42. The molecule has 0 radical (unpaired) electrons. The maximum Gasteiger partial charge on any atom is 0.112 e. The van der Waals surface area contributed by atoms with Gasteiger partial charge in [-0.2, -0.15) is 0 Å². The number of fused-ring (bicyclic) bond motifs is 1. The van der Waals surface area contributed by atoms with Crippen LogP contribution < -0.4 is 5.32 Å². The summed E-state index contributed by atoms with van der Waals surface area (Å²) >= 11 is 0. The number of hydrogen-bond donors (Lipinski definition) is 1. The van der Waals surface area contributed by atoms with Gasteiger partial charge < -0.3 is 14.6 Å². The van der Waals surface area contributed by atoms with Crippen molar-refractivity contribution < 1.29 is 4.74 Å². The Morgan fingerprint density at radius 1 is 1.28 bits per heavy atom. The Labute approximate surface area is 108 Å². The fraction of sp³-hybridized carbons (Fsp3) is 0.786. The standard InChI is InChI=1S/C14H21N3O/c1-2-11(9-18-7-1)17-13-5-6-15-8-12(13)16-14(17)10-3-4-10/h10-11,15H,1-9H2. The van der Waals surface area contributed by atoms with Crippen LogP contribution >= 0.6 is 0 Å². The first-order chi connectivity index (χ1) is 8.93. The summed E-state index contributed by atoms with van der Waals surface area (Å²) in [5.41, 5.74) is 2.79. The van der Waals surface area contributed by atoms with E-state index in [1.807, 2.05) is 0 Å². The zero-order chi connectivity index (χ0) is 11.9. The van der Waals surface area contributed by atoms with Crippen molar-refractivity contribution in [3.63, 3.8) is 0 Å². The van der Waals surface area contributed by atoms with Gasteiger partial charge in [0.05, 0.1) is 18.3 Å². The molecule has 1 aliphatic carbocycles. The minimum Gasteiger partial charge on any atom is -0.379 e. The molecule has 1 atom stereocenters. The van der Waals surface area contributed by atoms with Crippen molar-refractivity contribution in [1.82, 2.24) is 14.9 Å². The Morgan fingerprint density at radius 2 is 2.22 bits per heavy atom. The molecule has 3 heterocycles. The summed E-state index contributed by atoms with van der Waals surface area (Å²) in [6, 6.07) is 0.545. The van der Waals surface area contributed by atoms with E-state index in [0.29, 0.717) is 6.04 Å². The van der Waals surface area contributed by atoms with Gasteiger partial charge in [0.25, 0.3) is 0 Å². The molecule has 0 aromatic carbocycles.